The molecule has 0 aliphatic heterocycles. The summed E-state index contributed by atoms with van der Waals surface area (Å²) in [4.78, 5) is 11.8. The highest BCUT2D eigenvalue weighted by molar-refractivity contribution is 5.94. The lowest BCUT2D eigenvalue weighted by molar-refractivity contribution is 0.0919. The lowest BCUT2D eigenvalue weighted by Crippen LogP contribution is -2.40. The van der Waals surface area contributed by atoms with Gasteiger partial charge in [-0.05, 0) is 45.5 Å². The van der Waals surface area contributed by atoms with E-state index in [9.17, 15) is 4.79 Å². The largest absolute Gasteiger partial charge is 0.347 e. The monoisotopic (exact) mass is 235 g/mol. The van der Waals surface area contributed by atoms with E-state index < -0.39 is 0 Å². The minimum absolute atomic E-state index is 0.0365. The van der Waals surface area contributed by atoms with Gasteiger partial charge in [-0.1, -0.05) is 12.1 Å². The normalized spacial score (nSPS) is 11.3. The van der Waals surface area contributed by atoms with Crippen LogP contribution in [0.2, 0.25) is 0 Å². The molecule has 1 aromatic rings. The highest BCUT2D eigenvalue weighted by Crippen LogP contribution is 2.07. The van der Waals surface area contributed by atoms with Crippen LogP contribution in [0.1, 0.15) is 36.7 Å². The van der Waals surface area contributed by atoms with Crippen LogP contribution in [0.4, 0.5) is 0 Å². The van der Waals surface area contributed by atoms with Crippen LogP contribution in [0.15, 0.2) is 24.3 Å². The molecule has 0 atom stereocenters. The molecular weight excluding hydrogens is 214 g/mol. The number of rotatable bonds is 4. The van der Waals surface area contributed by atoms with Crippen LogP contribution in [0.3, 0.4) is 0 Å². The minimum Gasteiger partial charge on any atom is -0.347 e. The zero-order valence-corrected chi connectivity index (χ0v) is 10.9. The van der Waals surface area contributed by atoms with Crippen molar-refractivity contribution in [2.45, 2.75) is 32.9 Å². The van der Waals surface area contributed by atoms with Crippen molar-refractivity contribution in [1.82, 2.24) is 16.2 Å². The molecule has 0 radical (unpaired) electrons. The fourth-order valence-electron chi connectivity index (χ4n) is 1.38. The van der Waals surface area contributed by atoms with Crippen LogP contribution in [0.25, 0.3) is 0 Å². The van der Waals surface area contributed by atoms with Gasteiger partial charge in [0.1, 0.15) is 0 Å². The number of benzene rings is 1. The molecule has 1 aromatic carbocycles. The highest BCUT2D eigenvalue weighted by Gasteiger charge is 2.14. The van der Waals surface area contributed by atoms with Crippen LogP contribution in [-0.2, 0) is 6.54 Å². The first-order chi connectivity index (χ1) is 7.92. The smallest absolute Gasteiger partial charge is 0.251 e. The fraction of sp³-hybridized carbons (Fsp3) is 0.462. The zero-order chi connectivity index (χ0) is 12.9. The number of nitrogens with one attached hydrogen (secondary N) is 3. The molecule has 1 amide bonds. The highest BCUT2D eigenvalue weighted by atomic mass is 16.1. The summed E-state index contributed by atoms with van der Waals surface area (Å²) in [6.45, 7) is 6.64. The van der Waals surface area contributed by atoms with Crippen LogP contribution in [0, 0.1) is 0 Å². The van der Waals surface area contributed by atoms with Gasteiger partial charge in [0.15, 0.2) is 0 Å². The Balaban J connectivity index is 2.64. The maximum Gasteiger partial charge on any atom is 0.251 e. The number of hydrazine groups is 1. The standard InChI is InChI=1S/C13H21N3O/c1-13(2,3)16-12(17)11-7-5-10(6-8-11)9-15-14-4/h5-8,14-15H,9H2,1-4H3,(H,16,17). The summed E-state index contributed by atoms with van der Waals surface area (Å²) in [7, 11) is 1.82. The van der Waals surface area contributed by atoms with Crippen molar-refractivity contribution < 1.29 is 4.79 Å². The number of carbonyl (C=O) groups is 1. The third kappa shape index (κ3) is 4.97. The zero-order valence-electron chi connectivity index (χ0n) is 10.9. The Morgan fingerprint density at radius 2 is 1.76 bits per heavy atom. The molecule has 0 aliphatic carbocycles. The van der Waals surface area contributed by atoms with Gasteiger partial charge in [0.05, 0.1) is 0 Å². The third-order valence-electron chi connectivity index (χ3n) is 2.17. The van der Waals surface area contributed by atoms with Crippen LogP contribution in [0.5, 0.6) is 0 Å². The molecule has 1 rings (SSSR count). The molecule has 0 fully saturated rings. The molecule has 0 heterocycles. The van der Waals surface area contributed by atoms with Gasteiger partial charge in [0.2, 0.25) is 0 Å². The van der Waals surface area contributed by atoms with E-state index in [-0.39, 0.29) is 11.4 Å². The van der Waals surface area contributed by atoms with E-state index in [0.717, 1.165) is 12.1 Å². The Morgan fingerprint density at radius 3 is 2.24 bits per heavy atom. The Bertz CT molecular complexity index is 365. The van der Waals surface area contributed by atoms with Crippen molar-refractivity contribution in [2.75, 3.05) is 7.05 Å². The van der Waals surface area contributed by atoms with Crippen molar-refractivity contribution >= 4 is 5.91 Å². The molecule has 0 aliphatic rings. The van der Waals surface area contributed by atoms with Crippen LogP contribution < -0.4 is 16.2 Å². The number of hydrogen-bond acceptors (Lipinski definition) is 3. The second kappa shape index (κ2) is 5.80. The summed E-state index contributed by atoms with van der Waals surface area (Å²) in [5.74, 6) is -0.0365. The van der Waals surface area contributed by atoms with E-state index in [1.807, 2.05) is 52.1 Å². The number of carbonyl (C=O) groups excluding carboxylic acids is 1. The molecule has 0 saturated carbocycles. The number of amides is 1. The predicted octanol–water partition coefficient (Wildman–Crippen LogP) is 1.44. The average molecular weight is 235 g/mol. The molecule has 3 N–H and O–H groups in total. The van der Waals surface area contributed by atoms with Crippen molar-refractivity contribution in [3.8, 4) is 0 Å². The average Bonchev–Trinajstić information content (AvgIpc) is 2.24. The third-order valence-corrected chi connectivity index (χ3v) is 2.17. The predicted molar refractivity (Wildman–Crippen MR) is 69.6 cm³/mol. The Kier molecular flexibility index (Phi) is 4.66. The van der Waals surface area contributed by atoms with Crippen LogP contribution >= 0.6 is 0 Å². The molecule has 94 valence electrons. The van der Waals surface area contributed by atoms with Crippen molar-refractivity contribution in [2.24, 2.45) is 0 Å². The SMILES string of the molecule is CNNCc1ccc(C(=O)NC(C)(C)C)cc1. The first-order valence-electron chi connectivity index (χ1n) is 5.73. The first kappa shape index (κ1) is 13.7. The van der Waals surface area contributed by atoms with Gasteiger partial charge in [-0.15, -0.1) is 0 Å². The lowest BCUT2D eigenvalue weighted by Gasteiger charge is -2.20. The van der Waals surface area contributed by atoms with Gasteiger partial charge in [-0.3, -0.25) is 15.6 Å². The summed E-state index contributed by atoms with van der Waals surface area (Å²) < 4.78 is 0. The van der Waals surface area contributed by atoms with Crippen molar-refractivity contribution in [1.29, 1.82) is 0 Å². The molecule has 0 saturated heterocycles. The maximum absolute atomic E-state index is 11.8. The summed E-state index contributed by atoms with van der Waals surface area (Å²) in [5, 5.41) is 2.93. The first-order valence-corrected chi connectivity index (χ1v) is 5.73. The van der Waals surface area contributed by atoms with E-state index in [0.29, 0.717) is 5.56 Å². The molecular formula is C13H21N3O. The molecule has 0 bridgehead atoms. The topological polar surface area (TPSA) is 53.2 Å². The lowest BCUT2D eigenvalue weighted by atomic mass is 10.1. The van der Waals surface area contributed by atoms with Gasteiger partial charge < -0.3 is 5.32 Å². The van der Waals surface area contributed by atoms with Crippen molar-refractivity contribution in [3.05, 3.63) is 35.4 Å². The number of hydrogen-bond donors (Lipinski definition) is 3. The van der Waals surface area contributed by atoms with E-state index >= 15 is 0 Å². The van der Waals surface area contributed by atoms with E-state index in [2.05, 4.69) is 16.2 Å². The maximum atomic E-state index is 11.8. The second-order valence-electron chi connectivity index (χ2n) is 5.00. The minimum atomic E-state index is -0.205. The fourth-order valence-corrected chi connectivity index (χ4v) is 1.38. The van der Waals surface area contributed by atoms with Crippen LogP contribution in [-0.4, -0.2) is 18.5 Å². The Hall–Kier alpha value is -1.39. The van der Waals surface area contributed by atoms with E-state index in [1.54, 1.807) is 0 Å². The molecule has 0 aromatic heterocycles. The van der Waals surface area contributed by atoms with E-state index in [1.165, 1.54) is 0 Å². The summed E-state index contributed by atoms with van der Waals surface area (Å²) >= 11 is 0. The van der Waals surface area contributed by atoms with Gasteiger partial charge in [-0.25, -0.2) is 0 Å². The van der Waals surface area contributed by atoms with Crippen molar-refractivity contribution in [3.63, 3.8) is 0 Å². The summed E-state index contributed by atoms with van der Waals surface area (Å²) in [5.41, 5.74) is 7.47. The molecule has 0 unspecified atom stereocenters. The van der Waals surface area contributed by atoms with Gasteiger partial charge in [-0.2, -0.15) is 0 Å². The molecule has 17 heavy (non-hydrogen) atoms. The quantitative estimate of drug-likeness (QED) is 0.692. The molecule has 4 nitrogen and oxygen atoms in total. The van der Waals surface area contributed by atoms with Gasteiger partial charge in [0.25, 0.3) is 5.91 Å². The summed E-state index contributed by atoms with van der Waals surface area (Å²) in [6.07, 6.45) is 0. The van der Waals surface area contributed by atoms with Gasteiger partial charge >= 0.3 is 0 Å². The Labute approximate surface area is 103 Å². The Morgan fingerprint density at radius 1 is 1.18 bits per heavy atom. The van der Waals surface area contributed by atoms with E-state index in [4.69, 9.17) is 0 Å². The summed E-state index contributed by atoms with van der Waals surface area (Å²) in [6, 6.07) is 7.57. The second-order valence-corrected chi connectivity index (χ2v) is 5.00. The molecule has 4 heteroatoms. The molecule has 0 spiro atoms. The van der Waals surface area contributed by atoms with Gasteiger partial charge in [0, 0.05) is 17.6 Å².